The molecular weight excluding hydrogens is 362 g/mol. The molecule has 1 aliphatic heterocycles. The summed E-state index contributed by atoms with van der Waals surface area (Å²) in [4.78, 5) is 12.2. The molecule has 0 unspecified atom stereocenters. The molecular formula is C17H14ClF4NO2. The van der Waals surface area contributed by atoms with Crippen molar-refractivity contribution in [1.29, 1.82) is 0 Å². The van der Waals surface area contributed by atoms with Crippen LogP contribution >= 0.6 is 11.6 Å². The summed E-state index contributed by atoms with van der Waals surface area (Å²) in [5, 5.41) is 2.50. The number of fused-ring (bicyclic) bond motifs is 1. The van der Waals surface area contributed by atoms with E-state index in [1.807, 2.05) is 0 Å². The minimum atomic E-state index is -4.61. The van der Waals surface area contributed by atoms with Gasteiger partial charge >= 0.3 is 6.18 Å². The number of benzene rings is 1. The van der Waals surface area contributed by atoms with Crippen LogP contribution in [0.15, 0.2) is 53.3 Å². The van der Waals surface area contributed by atoms with Gasteiger partial charge in [0.05, 0.1) is 12.7 Å². The fourth-order valence-corrected chi connectivity index (χ4v) is 2.47. The molecule has 1 aliphatic rings. The summed E-state index contributed by atoms with van der Waals surface area (Å²) in [6, 6.07) is 2.30. The van der Waals surface area contributed by atoms with E-state index in [-0.39, 0.29) is 22.6 Å². The van der Waals surface area contributed by atoms with Crippen molar-refractivity contribution in [3.63, 3.8) is 0 Å². The molecule has 0 saturated carbocycles. The number of nitrogens with one attached hydrogen (secondary N) is 1. The third-order valence-electron chi connectivity index (χ3n) is 3.68. The second-order valence-corrected chi connectivity index (χ2v) is 5.93. The predicted octanol–water partition coefficient (Wildman–Crippen LogP) is 5.05. The Hall–Kier alpha value is -2.28. The molecule has 0 bridgehead atoms. The number of anilines is 1. The first kappa shape index (κ1) is 19.1. The second-order valence-electron chi connectivity index (χ2n) is 5.34. The Kier molecular flexibility index (Phi) is 4.99. The summed E-state index contributed by atoms with van der Waals surface area (Å²) >= 11 is 5.70. The van der Waals surface area contributed by atoms with Crippen LogP contribution in [0.4, 0.5) is 23.2 Å². The summed E-state index contributed by atoms with van der Waals surface area (Å²) < 4.78 is 58.9. The highest BCUT2D eigenvalue weighted by Gasteiger charge is 2.52. The molecule has 25 heavy (non-hydrogen) atoms. The van der Waals surface area contributed by atoms with E-state index in [2.05, 4.69) is 11.9 Å². The van der Waals surface area contributed by atoms with E-state index in [4.69, 9.17) is 16.3 Å². The monoisotopic (exact) mass is 375 g/mol. The Labute approximate surface area is 146 Å². The van der Waals surface area contributed by atoms with Crippen LogP contribution in [0.1, 0.15) is 18.1 Å². The van der Waals surface area contributed by atoms with Crippen LogP contribution in [0.5, 0.6) is 0 Å². The zero-order chi connectivity index (χ0) is 19.0. The van der Waals surface area contributed by atoms with Gasteiger partial charge in [0.2, 0.25) is 5.67 Å². The first-order valence-corrected chi connectivity index (χ1v) is 7.39. The average Bonchev–Trinajstić information content (AvgIpc) is 2.78. The molecule has 134 valence electrons. The minimum absolute atomic E-state index is 0.0644. The molecule has 0 aromatic heterocycles. The zero-order valence-corrected chi connectivity index (χ0v) is 14.1. The van der Waals surface area contributed by atoms with Crippen molar-refractivity contribution in [3.05, 3.63) is 64.4 Å². The lowest BCUT2D eigenvalue weighted by Crippen LogP contribution is -2.32. The summed E-state index contributed by atoms with van der Waals surface area (Å²) in [6.07, 6.45) is -1.88. The number of carbonyl (C=O) groups is 1. The Balaban J connectivity index is 2.53. The minimum Gasteiger partial charge on any atom is -0.496 e. The van der Waals surface area contributed by atoms with Gasteiger partial charge in [-0.2, -0.15) is 13.2 Å². The van der Waals surface area contributed by atoms with Gasteiger partial charge in [-0.15, -0.1) is 0 Å². The zero-order valence-electron chi connectivity index (χ0n) is 13.3. The smallest absolute Gasteiger partial charge is 0.416 e. The number of hydrogen-bond donors (Lipinski definition) is 1. The van der Waals surface area contributed by atoms with Crippen molar-refractivity contribution < 1.29 is 27.1 Å². The Bertz CT molecular complexity index is 794. The van der Waals surface area contributed by atoms with Gasteiger partial charge in [0.1, 0.15) is 5.76 Å². The SMILES string of the molecule is C=C(/C(=C\C=C(/C)Cl)OC)[C@]1(F)C(=O)Nc2cc(C(F)(F)F)ccc21. The van der Waals surface area contributed by atoms with Crippen molar-refractivity contribution in [3.8, 4) is 0 Å². The molecule has 1 N–H and O–H groups in total. The first-order valence-electron chi connectivity index (χ1n) is 7.01. The number of ether oxygens (including phenoxy) is 1. The van der Waals surface area contributed by atoms with E-state index in [0.717, 1.165) is 6.07 Å². The van der Waals surface area contributed by atoms with Crippen LogP contribution in [-0.2, 0) is 21.4 Å². The van der Waals surface area contributed by atoms with Gasteiger partial charge in [-0.1, -0.05) is 24.2 Å². The predicted molar refractivity (Wildman–Crippen MR) is 86.7 cm³/mol. The fraction of sp³-hybridized carbons (Fsp3) is 0.235. The standard InChI is InChI=1S/C17H14ClF4NO2/c1-9(18)4-7-14(25-3)10(2)16(19)12-6-5-11(17(20,21)22)8-13(12)23-15(16)24/h4-8H,2H2,1,3H3,(H,23,24)/b9-4+,14-7+/t16-/m1/s1. The molecule has 1 aromatic rings. The van der Waals surface area contributed by atoms with Crippen LogP contribution < -0.4 is 5.32 Å². The highest BCUT2D eigenvalue weighted by molar-refractivity contribution is 6.29. The molecule has 1 amide bonds. The largest absolute Gasteiger partial charge is 0.496 e. The van der Waals surface area contributed by atoms with Crippen molar-refractivity contribution in [2.45, 2.75) is 18.8 Å². The summed E-state index contributed by atoms with van der Waals surface area (Å²) in [5.41, 5.74) is -4.62. The molecule has 1 heterocycles. The molecule has 0 aliphatic carbocycles. The van der Waals surface area contributed by atoms with Gasteiger partial charge in [0, 0.05) is 21.9 Å². The maximum atomic E-state index is 15.5. The van der Waals surface area contributed by atoms with Gasteiger partial charge in [-0.25, -0.2) is 4.39 Å². The van der Waals surface area contributed by atoms with E-state index in [0.29, 0.717) is 17.2 Å². The number of carbonyl (C=O) groups excluding carboxylic acids is 1. The highest BCUT2D eigenvalue weighted by atomic mass is 35.5. The highest BCUT2D eigenvalue weighted by Crippen LogP contribution is 2.47. The lowest BCUT2D eigenvalue weighted by atomic mass is 9.88. The number of hydrogen-bond acceptors (Lipinski definition) is 2. The van der Waals surface area contributed by atoms with Crippen LogP contribution in [0.3, 0.4) is 0 Å². The topological polar surface area (TPSA) is 38.3 Å². The van der Waals surface area contributed by atoms with Gasteiger partial charge < -0.3 is 10.1 Å². The van der Waals surface area contributed by atoms with Crippen molar-refractivity contribution in [2.24, 2.45) is 0 Å². The third-order valence-corrected chi connectivity index (χ3v) is 3.80. The lowest BCUT2D eigenvalue weighted by Gasteiger charge is -2.22. The summed E-state index contributed by atoms with van der Waals surface area (Å²) in [6.45, 7) is 5.13. The van der Waals surface area contributed by atoms with Crippen LogP contribution in [0, 0.1) is 0 Å². The maximum Gasteiger partial charge on any atom is 0.416 e. The normalized spacial score (nSPS) is 21.0. The number of halogens is 5. The third kappa shape index (κ3) is 3.42. The number of amides is 1. The summed E-state index contributed by atoms with van der Waals surface area (Å²) in [5.74, 6) is -1.20. The van der Waals surface area contributed by atoms with Gasteiger partial charge in [0.25, 0.3) is 5.91 Å². The van der Waals surface area contributed by atoms with E-state index in [1.54, 1.807) is 6.92 Å². The van der Waals surface area contributed by atoms with Gasteiger partial charge in [0.15, 0.2) is 0 Å². The van der Waals surface area contributed by atoms with Crippen LogP contribution in [0.2, 0.25) is 0 Å². The number of alkyl halides is 4. The van der Waals surface area contributed by atoms with E-state index >= 15 is 4.39 Å². The number of methoxy groups -OCH3 is 1. The number of rotatable bonds is 4. The maximum absolute atomic E-state index is 15.5. The molecule has 1 atom stereocenters. The quantitative estimate of drug-likeness (QED) is 0.454. The molecule has 0 saturated heterocycles. The van der Waals surface area contributed by atoms with Gasteiger partial charge in [-0.05, 0) is 31.2 Å². The van der Waals surface area contributed by atoms with E-state index in [9.17, 15) is 18.0 Å². The molecule has 0 spiro atoms. The molecule has 0 radical (unpaired) electrons. The van der Waals surface area contributed by atoms with Crippen molar-refractivity contribution in [2.75, 3.05) is 12.4 Å². The van der Waals surface area contributed by atoms with Gasteiger partial charge in [-0.3, -0.25) is 4.79 Å². The molecule has 0 fully saturated rings. The van der Waals surface area contributed by atoms with Crippen LogP contribution in [-0.4, -0.2) is 13.0 Å². The fourth-order valence-electron chi connectivity index (χ4n) is 2.41. The molecule has 1 aromatic carbocycles. The Morgan fingerprint density at radius 2 is 2.00 bits per heavy atom. The van der Waals surface area contributed by atoms with Crippen LogP contribution in [0.25, 0.3) is 0 Å². The van der Waals surface area contributed by atoms with Crippen molar-refractivity contribution in [1.82, 2.24) is 0 Å². The van der Waals surface area contributed by atoms with E-state index < -0.39 is 23.3 Å². The molecule has 8 heteroatoms. The number of allylic oxidation sites excluding steroid dienone is 4. The first-order chi connectivity index (χ1) is 11.5. The summed E-state index contributed by atoms with van der Waals surface area (Å²) in [7, 11) is 1.25. The molecule has 2 rings (SSSR count). The Morgan fingerprint density at radius 3 is 2.52 bits per heavy atom. The second kappa shape index (κ2) is 6.55. The lowest BCUT2D eigenvalue weighted by molar-refractivity contribution is -0.137. The Morgan fingerprint density at radius 1 is 1.36 bits per heavy atom. The van der Waals surface area contributed by atoms with Crippen molar-refractivity contribution >= 4 is 23.2 Å². The average molecular weight is 376 g/mol. The van der Waals surface area contributed by atoms with E-state index in [1.165, 1.54) is 19.3 Å². The molecule has 3 nitrogen and oxygen atoms in total.